The van der Waals surface area contributed by atoms with Crippen molar-refractivity contribution in [3.8, 4) is 17.2 Å². The Balaban J connectivity index is 1.76. The van der Waals surface area contributed by atoms with E-state index in [1.54, 1.807) is 44.0 Å². The highest BCUT2D eigenvalue weighted by Crippen LogP contribution is 2.28. The Kier molecular flexibility index (Phi) is 6.38. The van der Waals surface area contributed by atoms with Gasteiger partial charge < -0.3 is 14.8 Å². The van der Waals surface area contributed by atoms with Crippen LogP contribution in [0.1, 0.15) is 18.1 Å². The van der Waals surface area contributed by atoms with E-state index in [2.05, 4.69) is 20.8 Å². The zero-order valence-electron chi connectivity index (χ0n) is 17.0. The van der Waals surface area contributed by atoms with Crippen molar-refractivity contribution in [2.24, 2.45) is 0 Å². The lowest BCUT2D eigenvalue weighted by Gasteiger charge is -2.14. The fourth-order valence-electron chi connectivity index (χ4n) is 2.69. The Morgan fingerprint density at radius 3 is 2.45 bits per heavy atom. The standard InChI is InChI=1S/C20H23N5O3S/c1-12-6-7-13(2)18(8-12)25-20(22-23-24-25)29-14(3)19(26)21-15-9-16(27-4)11-17(10-15)28-5/h6-11,14H,1-5H3,(H,21,26). The van der Waals surface area contributed by atoms with Crippen LogP contribution in [0.25, 0.3) is 5.69 Å². The minimum Gasteiger partial charge on any atom is -0.497 e. The fraction of sp³-hybridized carbons (Fsp3) is 0.300. The number of ether oxygens (including phenoxy) is 2. The molecule has 8 nitrogen and oxygen atoms in total. The first kappa shape index (κ1) is 20.7. The van der Waals surface area contributed by atoms with Gasteiger partial charge in [0.15, 0.2) is 0 Å². The van der Waals surface area contributed by atoms with Crippen LogP contribution in [-0.4, -0.2) is 45.6 Å². The zero-order valence-corrected chi connectivity index (χ0v) is 17.8. The van der Waals surface area contributed by atoms with Crippen molar-refractivity contribution in [3.05, 3.63) is 47.5 Å². The fourth-order valence-corrected chi connectivity index (χ4v) is 3.49. The highest BCUT2D eigenvalue weighted by Gasteiger charge is 2.20. The van der Waals surface area contributed by atoms with Gasteiger partial charge in [-0.1, -0.05) is 23.9 Å². The average Bonchev–Trinajstić information content (AvgIpc) is 3.17. The molecule has 0 spiro atoms. The van der Waals surface area contributed by atoms with E-state index in [0.717, 1.165) is 16.8 Å². The largest absolute Gasteiger partial charge is 0.497 e. The number of aromatic nitrogens is 4. The van der Waals surface area contributed by atoms with Gasteiger partial charge in [0.1, 0.15) is 11.5 Å². The first-order valence-corrected chi connectivity index (χ1v) is 9.86. The van der Waals surface area contributed by atoms with Gasteiger partial charge in [-0.05, 0) is 48.4 Å². The molecule has 0 bridgehead atoms. The van der Waals surface area contributed by atoms with Gasteiger partial charge in [-0.3, -0.25) is 4.79 Å². The third-order valence-corrected chi connectivity index (χ3v) is 5.34. The van der Waals surface area contributed by atoms with E-state index >= 15 is 0 Å². The van der Waals surface area contributed by atoms with E-state index in [1.165, 1.54) is 11.8 Å². The van der Waals surface area contributed by atoms with Gasteiger partial charge in [0, 0.05) is 23.9 Å². The summed E-state index contributed by atoms with van der Waals surface area (Å²) in [5.74, 6) is 1.01. The van der Waals surface area contributed by atoms with Gasteiger partial charge in [-0.15, -0.1) is 5.10 Å². The normalized spacial score (nSPS) is 11.8. The first-order chi connectivity index (χ1) is 13.9. The van der Waals surface area contributed by atoms with Crippen molar-refractivity contribution in [2.75, 3.05) is 19.5 Å². The minimum absolute atomic E-state index is 0.180. The molecule has 3 rings (SSSR count). The molecular formula is C20H23N5O3S. The lowest BCUT2D eigenvalue weighted by atomic mass is 10.1. The molecule has 9 heteroatoms. The molecule has 3 aromatic rings. The summed E-state index contributed by atoms with van der Waals surface area (Å²) in [6.45, 7) is 5.81. The summed E-state index contributed by atoms with van der Waals surface area (Å²) in [6, 6.07) is 11.3. The molecule has 152 valence electrons. The van der Waals surface area contributed by atoms with Crippen LogP contribution < -0.4 is 14.8 Å². The number of nitrogens with one attached hydrogen (secondary N) is 1. The Bertz CT molecular complexity index is 999. The monoisotopic (exact) mass is 413 g/mol. The summed E-state index contributed by atoms with van der Waals surface area (Å²) >= 11 is 1.29. The summed E-state index contributed by atoms with van der Waals surface area (Å²) in [4.78, 5) is 12.7. The number of tetrazole rings is 1. The van der Waals surface area contributed by atoms with Crippen molar-refractivity contribution < 1.29 is 14.3 Å². The van der Waals surface area contributed by atoms with Crippen molar-refractivity contribution in [1.29, 1.82) is 0 Å². The van der Waals surface area contributed by atoms with Crippen LogP contribution in [0.3, 0.4) is 0 Å². The molecule has 1 aromatic heterocycles. The molecule has 1 N–H and O–H groups in total. The molecule has 0 aliphatic heterocycles. The van der Waals surface area contributed by atoms with Gasteiger partial charge in [0.25, 0.3) is 0 Å². The molecule has 0 aliphatic carbocycles. The Morgan fingerprint density at radius 1 is 1.10 bits per heavy atom. The number of hydrogen-bond donors (Lipinski definition) is 1. The average molecular weight is 414 g/mol. The van der Waals surface area contributed by atoms with Gasteiger partial charge in [-0.2, -0.15) is 4.68 Å². The Labute approximate surface area is 173 Å². The van der Waals surface area contributed by atoms with Crippen molar-refractivity contribution >= 4 is 23.4 Å². The topological polar surface area (TPSA) is 91.2 Å². The van der Waals surface area contributed by atoms with E-state index in [9.17, 15) is 4.79 Å². The lowest BCUT2D eigenvalue weighted by Crippen LogP contribution is -2.23. The van der Waals surface area contributed by atoms with Gasteiger partial charge in [0.2, 0.25) is 11.1 Å². The number of anilines is 1. The van der Waals surface area contributed by atoms with Crippen LogP contribution in [0.5, 0.6) is 11.5 Å². The van der Waals surface area contributed by atoms with Gasteiger partial charge in [0.05, 0.1) is 25.2 Å². The van der Waals surface area contributed by atoms with E-state index in [-0.39, 0.29) is 5.91 Å². The molecule has 2 aromatic carbocycles. The third-order valence-electron chi connectivity index (χ3n) is 4.30. The summed E-state index contributed by atoms with van der Waals surface area (Å²) in [5, 5.41) is 15.0. The first-order valence-electron chi connectivity index (χ1n) is 8.98. The number of methoxy groups -OCH3 is 2. The SMILES string of the molecule is COc1cc(NC(=O)C(C)Sc2nnnn2-c2cc(C)ccc2C)cc(OC)c1. The number of aryl methyl sites for hydroxylation is 2. The second-order valence-electron chi connectivity index (χ2n) is 6.51. The van der Waals surface area contributed by atoms with Crippen molar-refractivity contribution in [2.45, 2.75) is 31.2 Å². The van der Waals surface area contributed by atoms with Crippen LogP contribution in [-0.2, 0) is 4.79 Å². The number of rotatable bonds is 7. The number of benzene rings is 2. The molecule has 0 saturated heterocycles. The lowest BCUT2D eigenvalue weighted by molar-refractivity contribution is -0.115. The summed E-state index contributed by atoms with van der Waals surface area (Å²) in [7, 11) is 3.12. The molecule has 0 fully saturated rings. The van der Waals surface area contributed by atoms with Crippen LogP contribution in [0.15, 0.2) is 41.6 Å². The number of thioether (sulfide) groups is 1. The molecule has 1 amide bonds. The van der Waals surface area contributed by atoms with Crippen LogP contribution in [0.2, 0.25) is 0 Å². The van der Waals surface area contributed by atoms with Crippen LogP contribution in [0, 0.1) is 13.8 Å². The number of carbonyl (C=O) groups excluding carboxylic acids is 1. The minimum atomic E-state index is -0.429. The maximum Gasteiger partial charge on any atom is 0.237 e. The van der Waals surface area contributed by atoms with E-state index < -0.39 is 5.25 Å². The number of nitrogens with zero attached hydrogens (tertiary/aromatic N) is 4. The number of amides is 1. The Morgan fingerprint density at radius 2 is 1.79 bits per heavy atom. The van der Waals surface area contributed by atoms with Crippen LogP contribution >= 0.6 is 11.8 Å². The highest BCUT2D eigenvalue weighted by molar-refractivity contribution is 8.00. The van der Waals surface area contributed by atoms with Gasteiger partial charge >= 0.3 is 0 Å². The molecule has 1 atom stereocenters. The van der Waals surface area contributed by atoms with E-state index in [0.29, 0.717) is 22.3 Å². The summed E-state index contributed by atoms with van der Waals surface area (Å²) < 4.78 is 12.1. The predicted molar refractivity (Wildman–Crippen MR) is 112 cm³/mol. The van der Waals surface area contributed by atoms with E-state index in [1.807, 2.05) is 32.0 Å². The maximum atomic E-state index is 12.7. The van der Waals surface area contributed by atoms with Crippen molar-refractivity contribution in [3.63, 3.8) is 0 Å². The Hall–Kier alpha value is -3.07. The number of hydrogen-bond acceptors (Lipinski definition) is 7. The molecular weight excluding hydrogens is 390 g/mol. The second kappa shape index (κ2) is 8.95. The highest BCUT2D eigenvalue weighted by atomic mass is 32.2. The smallest absolute Gasteiger partial charge is 0.237 e. The quantitative estimate of drug-likeness (QED) is 0.594. The predicted octanol–water partition coefficient (Wildman–Crippen LogP) is 3.42. The summed E-state index contributed by atoms with van der Waals surface area (Å²) in [6.07, 6.45) is 0. The zero-order chi connectivity index (χ0) is 21.0. The molecule has 0 aliphatic rings. The number of carbonyl (C=O) groups is 1. The van der Waals surface area contributed by atoms with Crippen LogP contribution in [0.4, 0.5) is 5.69 Å². The molecule has 1 unspecified atom stereocenters. The molecule has 29 heavy (non-hydrogen) atoms. The van der Waals surface area contributed by atoms with Crippen molar-refractivity contribution in [1.82, 2.24) is 20.2 Å². The molecule has 0 saturated carbocycles. The molecule has 1 heterocycles. The summed E-state index contributed by atoms with van der Waals surface area (Å²) in [5.41, 5.74) is 3.63. The third kappa shape index (κ3) is 4.86. The van der Waals surface area contributed by atoms with E-state index in [4.69, 9.17) is 9.47 Å². The maximum absolute atomic E-state index is 12.7. The second-order valence-corrected chi connectivity index (χ2v) is 7.82. The van der Waals surface area contributed by atoms with Gasteiger partial charge in [-0.25, -0.2) is 0 Å². The molecule has 0 radical (unpaired) electrons.